The topological polar surface area (TPSA) is 224 Å². The molecule has 0 saturated heterocycles. The molecule has 0 aliphatic carbocycles. The molecule has 1 radical (unpaired) electrons. The first-order valence-corrected chi connectivity index (χ1v) is 0.548. The van der Waals surface area contributed by atoms with E-state index in [0.29, 0.717) is 0 Å². The van der Waals surface area contributed by atoms with Crippen molar-refractivity contribution < 1.29 is 49.5 Å². The van der Waals surface area contributed by atoms with Crippen molar-refractivity contribution in [3.63, 3.8) is 0 Å². The van der Waals surface area contributed by atoms with Crippen LogP contribution in [0.1, 0.15) is 0 Å². The van der Waals surface area contributed by atoms with E-state index >= 15 is 0 Å². The van der Waals surface area contributed by atoms with Gasteiger partial charge in [-0.15, -0.1) is 0 Å². The summed E-state index contributed by atoms with van der Waals surface area (Å²) in [4.78, 5) is 8.25. The van der Waals surface area contributed by atoms with Gasteiger partial charge in [-0.05, 0) is 0 Å². The third kappa shape index (κ3) is 1380. The van der Waals surface area contributed by atoms with Gasteiger partial charge in [-0.25, -0.2) is 0 Å². The van der Waals surface area contributed by atoms with E-state index in [1.165, 1.54) is 0 Å². The maximum atomic E-state index is 8.25. The SMILES string of the molecule is O.O.O.O.O.O=[N+]([O-])[O-].[Mn]. The van der Waals surface area contributed by atoms with Crippen LogP contribution < -0.4 is 0 Å². The Bertz CT molecular complexity index is 32.2. The van der Waals surface area contributed by atoms with Crippen LogP contribution in [-0.2, 0) is 17.1 Å². The van der Waals surface area contributed by atoms with Crippen LogP contribution >= 0.6 is 0 Å². The molecule has 0 aliphatic rings. The van der Waals surface area contributed by atoms with E-state index in [4.69, 9.17) is 15.3 Å². The van der Waals surface area contributed by atoms with E-state index in [9.17, 15) is 0 Å². The summed E-state index contributed by atoms with van der Waals surface area (Å²) in [6, 6.07) is 0. The zero-order valence-electron chi connectivity index (χ0n) is 4.55. The van der Waals surface area contributed by atoms with Gasteiger partial charge in [0.25, 0.3) is 0 Å². The molecule has 0 aromatic carbocycles. The van der Waals surface area contributed by atoms with Gasteiger partial charge in [-0.1, -0.05) is 0 Å². The second-order valence-electron chi connectivity index (χ2n) is 0.224. The van der Waals surface area contributed by atoms with Crippen molar-refractivity contribution >= 4 is 0 Å². The molecule has 9 nitrogen and oxygen atoms in total. The number of nitrogens with zero attached hydrogens (tertiary/aromatic N) is 1. The van der Waals surface area contributed by atoms with Crippen molar-refractivity contribution in [1.29, 1.82) is 0 Å². The normalized spacial score (nSPS) is 2.40. The molecule has 0 atom stereocenters. The van der Waals surface area contributed by atoms with Crippen molar-refractivity contribution in [2.75, 3.05) is 0 Å². The number of rotatable bonds is 0. The molecule has 0 aliphatic heterocycles. The molecule has 0 saturated carbocycles. The Hall–Kier alpha value is -0.481. The van der Waals surface area contributed by atoms with Gasteiger partial charge in [0, 0.05) is 17.1 Å². The summed E-state index contributed by atoms with van der Waals surface area (Å²) in [5, 5.41) is 14.8. The summed E-state index contributed by atoms with van der Waals surface area (Å²) in [6.45, 7) is 0. The van der Waals surface area contributed by atoms with Crippen LogP contribution in [0.2, 0.25) is 0 Å². The molecular weight excluding hydrogens is 197 g/mol. The third-order valence-electron chi connectivity index (χ3n) is 0. The zero-order valence-corrected chi connectivity index (χ0v) is 5.73. The minimum absolute atomic E-state index is 0. The molecule has 10 heavy (non-hydrogen) atoms. The first-order valence-electron chi connectivity index (χ1n) is 0.548. The second-order valence-corrected chi connectivity index (χ2v) is 0.224. The molecular formula is H10MnNO8-. The summed E-state index contributed by atoms with van der Waals surface area (Å²) < 4.78 is 0. The molecule has 0 fully saturated rings. The fraction of sp³-hybridized carbons (Fsp3) is 0. The van der Waals surface area contributed by atoms with Gasteiger partial charge in [0.1, 0.15) is 0 Å². The van der Waals surface area contributed by atoms with Crippen LogP contribution in [0.15, 0.2) is 0 Å². The Balaban J connectivity index is -0.00000000300. The first kappa shape index (κ1) is 109. The molecule has 0 rings (SSSR count). The maximum Gasteiger partial charge on any atom is 0.0689 e. The summed E-state index contributed by atoms with van der Waals surface area (Å²) in [6.07, 6.45) is 0. The van der Waals surface area contributed by atoms with E-state index in [1.54, 1.807) is 0 Å². The van der Waals surface area contributed by atoms with Crippen LogP contribution in [-0.4, -0.2) is 32.5 Å². The fourth-order valence-corrected chi connectivity index (χ4v) is 0. The quantitative estimate of drug-likeness (QED) is 0.218. The minimum atomic E-state index is -1.75. The van der Waals surface area contributed by atoms with Crippen molar-refractivity contribution in [2.24, 2.45) is 0 Å². The largest absolute Gasteiger partial charge is 0.412 e. The summed E-state index contributed by atoms with van der Waals surface area (Å²) in [5.41, 5.74) is 0. The van der Waals surface area contributed by atoms with Gasteiger partial charge in [-0.3, -0.25) is 0 Å². The maximum absolute atomic E-state index is 8.25. The van der Waals surface area contributed by atoms with Crippen LogP contribution in [0.25, 0.3) is 0 Å². The van der Waals surface area contributed by atoms with Crippen molar-refractivity contribution in [2.45, 2.75) is 0 Å². The summed E-state index contributed by atoms with van der Waals surface area (Å²) in [5.74, 6) is 0. The Labute approximate surface area is 65.8 Å². The van der Waals surface area contributed by atoms with E-state index in [0.717, 1.165) is 0 Å². The molecule has 0 aromatic heterocycles. The number of hydrogen-bond donors (Lipinski definition) is 0. The van der Waals surface area contributed by atoms with Gasteiger partial charge in [-0.2, -0.15) is 0 Å². The molecule has 0 spiro atoms. The smallest absolute Gasteiger partial charge is 0.0689 e. The van der Waals surface area contributed by atoms with Gasteiger partial charge < -0.3 is 42.7 Å². The Morgan fingerprint density at radius 3 is 0.800 bits per heavy atom. The molecule has 71 valence electrons. The average Bonchev–Trinajstić information content (AvgIpc) is 0.811. The molecule has 0 bridgehead atoms. The van der Waals surface area contributed by atoms with Gasteiger partial charge >= 0.3 is 0 Å². The van der Waals surface area contributed by atoms with Crippen LogP contribution in [0.4, 0.5) is 0 Å². The monoisotopic (exact) mass is 207 g/mol. The Morgan fingerprint density at radius 2 is 0.800 bits per heavy atom. The fourth-order valence-electron chi connectivity index (χ4n) is 0. The first-order chi connectivity index (χ1) is 1.73. The molecule has 10 heteroatoms. The number of hydrogen-bond acceptors (Lipinski definition) is 3. The molecule has 0 aromatic rings. The molecule has 0 heterocycles. The average molecular weight is 207 g/mol. The van der Waals surface area contributed by atoms with Crippen molar-refractivity contribution in [3.8, 4) is 0 Å². The van der Waals surface area contributed by atoms with Crippen LogP contribution in [0, 0.1) is 15.3 Å². The summed E-state index contributed by atoms with van der Waals surface area (Å²) in [7, 11) is 0. The summed E-state index contributed by atoms with van der Waals surface area (Å²) >= 11 is 0. The van der Waals surface area contributed by atoms with Crippen molar-refractivity contribution in [1.82, 2.24) is 0 Å². The van der Waals surface area contributed by atoms with E-state index in [2.05, 4.69) is 0 Å². The van der Waals surface area contributed by atoms with Gasteiger partial charge in [0.05, 0.1) is 5.09 Å². The van der Waals surface area contributed by atoms with Crippen molar-refractivity contribution in [3.05, 3.63) is 15.3 Å². The van der Waals surface area contributed by atoms with Gasteiger partial charge in [0.2, 0.25) is 0 Å². The van der Waals surface area contributed by atoms with E-state index < -0.39 is 5.09 Å². The molecule has 0 unspecified atom stereocenters. The van der Waals surface area contributed by atoms with E-state index in [1.807, 2.05) is 0 Å². The van der Waals surface area contributed by atoms with E-state index in [-0.39, 0.29) is 44.4 Å². The zero-order chi connectivity index (χ0) is 3.58. The van der Waals surface area contributed by atoms with Gasteiger partial charge in [0.15, 0.2) is 0 Å². The Kier molecular flexibility index (Phi) is 826. The Morgan fingerprint density at radius 1 is 0.800 bits per heavy atom. The third-order valence-corrected chi connectivity index (χ3v) is 0. The predicted octanol–water partition coefficient (Wildman–Crippen LogP) is -4.37. The standard InChI is InChI=1S/Mn.NO3.5H2O/c;2-1(3)4;;;;;/h;;5*1H2/q;-1;;;;;. The predicted molar refractivity (Wildman–Crippen MR) is 28.4 cm³/mol. The molecule has 0 amide bonds. The van der Waals surface area contributed by atoms with Crippen LogP contribution in [0.3, 0.4) is 0 Å². The van der Waals surface area contributed by atoms with Crippen LogP contribution in [0.5, 0.6) is 0 Å². The molecule has 10 N–H and O–H groups in total. The second kappa shape index (κ2) is 75.9. The minimum Gasteiger partial charge on any atom is -0.412 e.